The van der Waals surface area contributed by atoms with Crippen LogP contribution in [0.4, 0.5) is 0 Å². The lowest BCUT2D eigenvalue weighted by Gasteiger charge is -2.26. The number of ketones is 2. The molecule has 3 heteroatoms. The van der Waals surface area contributed by atoms with Crippen molar-refractivity contribution in [3.63, 3.8) is 0 Å². The number of aliphatic hydroxyl groups is 1. The molecule has 130 valence electrons. The highest BCUT2D eigenvalue weighted by Gasteiger charge is 2.32. The molecule has 1 unspecified atom stereocenters. The fraction of sp³-hybridized carbons (Fsp3) is 0.364. The van der Waals surface area contributed by atoms with Gasteiger partial charge in [0.2, 0.25) is 0 Å². The van der Waals surface area contributed by atoms with Crippen LogP contribution in [0.2, 0.25) is 0 Å². The molecule has 1 aromatic rings. The predicted molar refractivity (Wildman–Crippen MR) is 99.0 cm³/mol. The molecule has 0 saturated heterocycles. The van der Waals surface area contributed by atoms with E-state index in [1.54, 1.807) is 20.8 Å². The van der Waals surface area contributed by atoms with Crippen LogP contribution in [-0.4, -0.2) is 23.3 Å². The van der Waals surface area contributed by atoms with Gasteiger partial charge >= 0.3 is 0 Å². The fourth-order valence-corrected chi connectivity index (χ4v) is 3.24. The van der Waals surface area contributed by atoms with Crippen LogP contribution < -0.4 is 0 Å². The van der Waals surface area contributed by atoms with Gasteiger partial charge in [-0.2, -0.15) is 0 Å². The van der Waals surface area contributed by atoms with Gasteiger partial charge in [-0.15, -0.1) is 5.92 Å². The normalized spacial score (nSPS) is 16.0. The molecule has 0 spiro atoms. The summed E-state index contributed by atoms with van der Waals surface area (Å²) >= 11 is 0. The average Bonchev–Trinajstić information content (AvgIpc) is 2.64. The van der Waals surface area contributed by atoms with Gasteiger partial charge in [-0.1, -0.05) is 36.3 Å². The van der Waals surface area contributed by atoms with Crippen LogP contribution in [-0.2, 0) is 9.59 Å². The van der Waals surface area contributed by atoms with Crippen LogP contribution >= 0.6 is 0 Å². The first-order valence-corrected chi connectivity index (χ1v) is 8.58. The van der Waals surface area contributed by atoms with Gasteiger partial charge in [0.1, 0.15) is 6.61 Å². The Bertz CT molecular complexity index is 786. The number of Topliss-reactive ketones (excluding diaryl/α,β-unsaturated/α-hetero) is 2. The van der Waals surface area contributed by atoms with Gasteiger partial charge in [0.05, 0.1) is 0 Å². The van der Waals surface area contributed by atoms with Crippen molar-refractivity contribution in [3.8, 4) is 11.8 Å². The first kappa shape index (κ1) is 18.9. The number of benzene rings is 1. The Morgan fingerprint density at radius 2 is 1.56 bits per heavy atom. The van der Waals surface area contributed by atoms with Crippen LogP contribution in [0, 0.1) is 11.8 Å². The lowest BCUT2D eigenvalue weighted by Crippen LogP contribution is -2.24. The second-order valence-electron chi connectivity index (χ2n) is 6.31. The monoisotopic (exact) mass is 336 g/mol. The van der Waals surface area contributed by atoms with Crippen molar-refractivity contribution in [2.75, 3.05) is 6.61 Å². The van der Waals surface area contributed by atoms with Crippen molar-refractivity contribution in [1.82, 2.24) is 0 Å². The van der Waals surface area contributed by atoms with Crippen LogP contribution in [0.15, 0.2) is 52.6 Å². The third-order valence-electron chi connectivity index (χ3n) is 4.78. The molecule has 0 amide bonds. The fourth-order valence-electron chi connectivity index (χ4n) is 3.24. The first-order chi connectivity index (χ1) is 12.0. The molecule has 0 radical (unpaired) electrons. The number of carbonyl (C=O) groups excluding carboxylic acids is 2. The van der Waals surface area contributed by atoms with E-state index in [-0.39, 0.29) is 24.1 Å². The summed E-state index contributed by atoms with van der Waals surface area (Å²) in [6.45, 7) is 5.07. The minimum Gasteiger partial charge on any atom is -0.384 e. The molecule has 0 bridgehead atoms. The third kappa shape index (κ3) is 4.15. The minimum absolute atomic E-state index is 0.0232. The van der Waals surface area contributed by atoms with E-state index in [9.17, 15) is 9.59 Å². The standard InChI is InChI=1S/C22H24O3/c1-15-16(2)22(25)20(17(3)21(15)24)19(13-9-4-5-10-14-23)18-11-7-6-8-12-18/h6-8,11-12,19,23H,4,9,13-14H2,1-3H3. The maximum Gasteiger partial charge on any atom is 0.186 e. The summed E-state index contributed by atoms with van der Waals surface area (Å²) in [5.41, 5.74) is 3.32. The Labute approximate surface area is 149 Å². The zero-order chi connectivity index (χ0) is 18.4. The van der Waals surface area contributed by atoms with Crippen molar-refractivity contribution in [1.29, 1.82) is 0 Å². The lowest BCUT2D eigenvalue weighted by molar-refractivity contribution is -0.116. The maximum atomic E-state index is 12.9. The molecule has 1 aromatic carbocycles. The van der Waals surface area contributed by atoms with Crippen molar-refractivity contribution in [3.05, 3.63) is 58.2 Å². The Morgan fingerprint density at radius 3 is 2.20 bits per heavy atom. The highest BCUT2D eigenvalue weighted by Crippen LogP contribution is 2.37. The van der Waals surface area contributed by atoms with E-state index >= 15 is 0 Å². The summed E-state index contributed by atoms with van der Waals surface area (Å²) in [5.74, 6) is 5.39. The van der Waals surface area contributed by atoms with E-state index in [4.69, 9.17) is 5.11 Å². The summed E-state index contributed by atoms with van der Waals surface area (Å²) in [5, 5.41) is 8.74. The third-order valence-corrected chi connectivity index (χ3v) is 4.78. The molecule has 2 rings (SSSR count). The predicted octanol–water partition coefficient (Wildman–Crippen LogP) is 3.74. The van der Waals surface area contributed by atoms with Gasteiger partial charge in [-0.3, -0.25) is 9.59 Å². The summed E-state index contributed by atoms with van der Waals surface area (Å²) in [4.78, 5) is 25.4. The van der Waals surface area contributed by atoms with Gasteiger partial charge in [0, 0.05) is 34.6 Å². The van der Waals surface area contributed by atoms with Crippen molar-refractivity contribution < 1.29 is 14.7 Å². The van der Waals surface area contributed by atoms with Crippen molar-refractivity contribution in [2.24, 2.45) is 0 Å². The van der Waals surface area contributed by atoms with Crippen molar-refractivity contribution in [2.45, 2.75) is 46.0 Å². The van der Waals surface area contributed by atoms with Crippen LogP contribution in [0.3, 0.4) is 0 Å². The summed E-state index contributed by atoms with van der Waals surface area (Å²) in [6, 6.07) is 9.85. The SMILES string of the molecule is CC1=C(C)C(=O)C(C(CCCC#CCO)c2ccccc2)=C(C)C1=O. The average molecular weight is 336 g/mol. The molecule has 3 nitrogen and oxygen atoms in total. The van der Waals surface area contributed by atoms with E-state index < -0.39 is 0 Å². The van der Waals surface area contributed by atoms with Gasteiger partial charge in [-0.05, 0) is 39.2 Å². The highest BCUT2D eigenvalue weighted by molar-refractivity contribution is 6.25. The van der Waals surface area contributed by atoms with Gasteiger partial charge in [0.15, 0.2) is 11.6 Å². The zero-order valence-corrected chi connectivity index (χ0v) is 15.1. The maximum absolute atomic E-state index is 12.9. The molecular weight excluding hydrogens is 312 g/mol. The lowest BCUT2D eigenvalue weighted by atomic mass is 9.76. The summed E-state index contributed by atoms with van der Waals surface area (Å²) in [6.07, 6.45) is 2.20. The molecule has 1 aliphatic rings. The number of aliphatic hydroxyl groups excluding tert-OH is 1. The van der Waals surface area contributed by atoms with E-state index in [1.807, 2.05) is 30.3 Å². The second kappa shape index (κ2) is 8.60. The molecule has 0 heterocycles. The van der Waals surface area contributed by atoms with Crippen LogP contribution in [0.25, 0.3) is 0 Å². The number of carbonyl (C=O) groups is 2. The Kier molecular flexibility index (Phi) is 6.50. The number of allylic oxidation sites excluding steroid dienone is 4. The number of unbranched alkanes of at least 4 members (excludes halogenated alkanes) is 1. The van der Waals surface area contributed by atoms with E-state index in [1.165, 1.54) is 0 Å². The molecule has 25 heavy (non-hydrogen) atoms. The second-order valence-corrected chi connectivity index (χ2v) is 6.31. The van der Waals surface area contributed by atoms with Gasteiger partial charge < -0.3 is 5.11 Å². The quantitative estimate of drug-likeness (QED) is 0.506. The largest absolute Gasteiger partial charge is 0.384 e. The summed E-state index contributed by atoms with van der Waals surface area (Å²) in [7, 11) is 0. The Balaban J connectivity index is 2.38. The smallest absolute Gasteiger partial charge is 0.186 e. The molecule has 1 atom stereocenters. The van der Waals surface area contributed by atoms with Gasteiger partial charge in [0.25, 0.3) is 0 Å². The molecule has 0 aromatic heterocycles. The number of hydrogen-bond acceptors (Lipinski definition) is 3. The van der Waals surface area contributed by atoms with E-state index in [0.717, 1.165) is 18.4 Å². The van der Waals surface area contributed by atoms with Gasteiger partial charge in [-0.25, -0.2) is 0 Å². The Morgan fingerprint density at radius 1 is 0.920 bits per heavy atom. The van der Waals surface area contributed by atoms with Crippen molar-refractivity contribution >= 4 is 11.6 Å². The molecular formula is C22H24O3. The summed E-state index contributed by atoms with van der Waals surface area (Å²) < 4.78 is 0. The number of hydrogen-bond donors (Lipinski definition) is 1. The molecule has 1 N–H and O–H groups in total. The topological polar surface area (TPSA) is 54.4 Å². The molecule has 0 aliphatic heterocycles. The Hall–Kier alpha value is -2.44. The molecule has 1 aliphatic carbocycles. The van der Waals surface area contributed by atoms with E-state index in [2.05, 4.69) is 11.8 Å². The van der Waals surface area contributed by atoms with Crippen LogP contribution in [0.1, 0.15) is 51.5 Å². The highest BCUT2D eigenvalue weighted by atomic mass is 16.2. The number of rotatable bonds is 5. The van der Waals surface area contributed by atoms with E-state index in [0.29, 0.717) is 28.7 Å². The minimum atomic E-state index is -0.136. The molecule has 0 saturated carbocycles. The molecule has 0 fully saturated rings. The zero-order valence-electron chi connectivity index (χ0n) is 15.1. The first-order valence-electron chi connectivity index (χ1n) is 8.58. The van der Waals surface area contributed by atoms with Crippen LogP contribution in [0.5, 0.6) is 0 Å².